The molecule has 7 heteroatoms. The molecule has 3 aromatic rings. The number of hydrogen-bond acceptors (Lipinski definition) is 4. The van der Waals surface area contributed by atoms with Crippen LogP contribution in [0.5, 0.6) is 5.75 Å². The van der Waals surface area contributed by atoms with Gasteiger partial charge in [-0.1, -0.05) is 12.1 Å². The standard InChI is InChI=1S/C14H15N5O2/c1-21-12-4-2-11(3-5-12)8-19-13(16-17-14(19)20)9-18-7-6-15-10-18/h2-7,10H,8-9H2,1H3,(H,17,20). The zero-order valence-corrected chi connectivity index (χ0v) is 11.6. The Labute approximate surface area is 120 Å². The summed E-state index contributed by atoms with van der Waals surface area (Å²) >= 11 is 0. The molecule has 3 rings (SSSR count). The van der Waals surface area contributed by atoms with Crippen LogP contribution >= 0.6 is 0 Å². The minimum absolute atomic E-state index is 0.221. The highest BCUT2D eigenvalue weighted by Crippen LogP contribution is 2.12. The molecular weight excluding hydrogens is 270 g/mol. The van der Waals surface area contributed by atoms with E-state index in [2.05, 4.69) is 15.2 Å². The van der Waals surface area contributed by atoms with Crippen molar-refractivity contribution < 1.29 is 4.74 Å². The molecule has 0 aliphatic rings. The minimum Gasteiger partial charge on any atom is -0.497 e. The molecule has 0 amide bonds. The number of rotatable bonds is 5. The van der Waals surface area contributed by atoms with E-state index in [4.69, 9.17) is 4.74 Å². The predicted octanol–water partition coefficient (Wildman–Crippen LogP) is 0.873. The van der Waals surface area contributed by atoms with Crippen molar-refractivity contribution in [2.24, 2.45) is 0 Å². The maximum Gasteiger partial charge on any atom is 0.343 e. The Balaban J connectivity index is 1.84. The van der Waals surface area contributed by atoms with Crippen LogP contribution in [0, 0.1) is 0 Å². The lowest BCUT2D eigenvalue weighted by atomic mass is 10.2. The molecule has 0 aliphatic carbocycles. The fourth-order valence-corrected chi connectivity index (χ4v) is 2.09. The summed E-state index contributed by atoms with van der Waals surface area (Å²) in [5.41, 5.74) is 0.784. The molecule has 7 nitrogen and oxygen atoms in total. The Hall–Kier alpha value is -2.83. The Morgan fingerprint density at radius 1 is 1.24 bits per heavy atom. The van der Waals surface area contributed by atoms with E-state index in [1.807, 2.05) is 35.0 Å². The zero-order valence-electron chi connectivity index (χ0n) is 11.6. The lowest BCUT2D eigenvalue weighted by molar-refractivity contribution is 0.414. The summed E-state index contributed by atoms with van der Waals surface area (Å²) in [6, 6.07) is 7.60. The van der Waals surface area contributed by atoms with Crippen LogP contribution < -0.4 is 10.4 Å². The van der Waals surface area contributed by atoms with Crippen molar-refractivity contribution in [1.82, 2.24) is 24.3 Å². The van der Waals surface area contributed by atoms with Gasteiger partial charge >= 0.3 is 5.69 Å². The van der Waals surface area contributed by atoms with Gasteiger partial charge < -0.3 is 9.30 Å². The van der Waals surface area contributed by atoms with Gasteiger partial charge in [0.15, 0.2) is 5.82 Å². The molecule has 0 fully saturated rings. The maximum absolute atomic E-state index is 11.9. The average Bonchev–Trinajstić information content (AvgIpc) is 3.13. The van der Waals surface area contributed by atoms with E-state index in [9.17, 15) is 4.79 Å². The van der Waals surface area contributed by atoms with Crippen LogP contribution in [0.25, 0.3) is 0 Å². The van der Waals surface area contributed by atoms with Gasteiger partial charge in [0.25, 0.3) is 0 Å². The molecule has 0 radical (unpaired) electrons. The molecular formula is C14H15N5O2. The van der Waals surface area contributed by atoms with Crippen LogP contribution in [-0.2, 0) is 13.1 Å². The van der Waals surface area contributed by atoms with E-state index in [1.165, 1.54) is 0 Å². The molecule has 2 heterocycles. The number of aromatic amines is 1. The molecule has 1 N–H and O–H groups in total. The van der Waals surface area contributed by atoms with Crippen LogP contribution in [0.2, 0.25) is 0 Å². The summed E-state index contributed by atoms with van der Waals surface area (Å²) in [4.78, 5) is 15.9. The Bertz CT molecular complexity index is 756. The monoisotopic (exact) mass is 285 g/mol. The van der Waals surface area contributed by atoms with Gasteiger partial charge in [-0.15, -0.1) is 0 Å². The first kappa shape index (κ1) is 13.2. The highest BCUT2D eigenvalue weighted by atomic mass is 16.5. The van der Waals surface area contributed by atoms with E-state index in [-0.39, 0.29) is 5.69 Å². The molecule has 0 atom stereocenters. The van der Waals surface area contributed by atoms with Crippen LogP contribution in [-0.4, -0.2) is 31.4 Å². The fraction of sp³-hybridized carbons (Fsp3) is 0.214. The van der Waals surface area contributed by atoms with Crippen molar-refractivity contribution >= 4 is 0 Å². The lowest BCUT2D eigenvalue weighted by Gasteiger charge is -2.07. The van der Waals surface area contributed by atoms with Crippen molar-refractivity contribution in [3.63, 3.8) is 0 Å². The summed E-state index contributed by atoms with van der Waals surface area (Å²) < 4.78 is 8.60. The SMILES string of the molecule is COc1ccc(Cn2c(Cn3ccnc3)n[nH]c2=O)cc1. The molecule has 0 saturated heterocycles. The molecule has 0 unspecified atom stereocenters. The van der Waals surface area contributed by atoms with Crippen LogP contribution in [0.15, 0.2) is 47.8 Å². The maximum atomic E-state index is 11.9. The van der Waals surface area contributed by atoms with Gasteiger partial charge in [-0.2, -0.15) is 5.10 Å². The first-order valence-corrected chi connectivity index (χ1v) is 6.49. The van der Waals surface area contributed by atoms with E-state index in [0.717, 1.165) is 11.3 Å². The molecule has 0 aliphatic heterocycles. The van der Waals surface area contributed by atoms with Gasteiger partial charge in [0.2, 0.25) is 0 Å². The molecule has 0 saturated carbocycles. The number of aromatic nitrogens is 5. The molecule has 0 spiro atoms. The minimum atomic E-state index is -0.221. The Kier molecular flexibility index (Phi) is 3.55. The number of H-pyrrole nitrogens is 1. The topological polar surface area (TPSA) is 77.7 Å². The quantitative estimate of drug-likeness (QED) is 0.754. The summed E-state index contributed by atoms with van der Waals surface area (Å²) in [6.07, 6.45) is 5.21. The highest BCUT2D eigenvalue weighted by Gasteiger charge is 2.09. The van der Waals surface area contributed by atoms with Gasteiger partial charge in [-0.25, -0.2) is 14.9 Å². The van der Waals surface area contributed by atoms with Gasteiger partial charge in [-0.05, 0) is 17.7 Å². The lowest BCUT2D eigenvalue weighted by Crippen LogP contribution is -2.20. The van der Waals surface area contributed by atoms with E-state index in [0.29, 0.717) is 18.9 Å². The number of hydrogen-bond donors (Lipinski definition) is 1. The van der Waals surface area contributed by atoms with Crippen molar-refractivity contribution in [3.8, 4) is 5.75 Å². The van der Waals surface area contributed by atoms with E-state index in [1.54, 1.807) is 24.2 Å². The number of ether oxygens (including phenoxy) is 1. The second kappa shape index (κ2) is 5.66. The summed E-state index contributed by atoms with van der Waals surface area (Å²) in [7, 11) is 1.62. The number of nitrogens with one attached hydrogen (secondary N) is 1. The second-order valence-corrected chi connectivity index (χ2v) is 4.61. The van der Waals surface area contributed by atoms with E-state index < -0.39 is 0 Å². The highest BCUT2D eigenvalue weighted by molar-refractivity contribution is 5.27. The van der Waals surface area contributed by atoms with Gasteiger partial charge in [0, 0.05) is 12.4 Å². The fourth-order valence-electron chi connectivity index (χ4n) is 2.09. The smallest absolute Gasteiger partial charge is 0.343 e. The molecule has 1 aromatic carbocycles. The summed E-state index contributed by atoms with van der Waals surface area (Å²) in [6.45, 7) is 0.957. The first-order valence-electron chi connectivity index (χ1n) is 6.49. The van der Waals surface area contributed by atoms with Crippen LogP contribution in [0.3, 0.4) is 0 Å². The number of nitrogens with zero attached hydrogens (tertiary/aromatic N) is 4. The molecule has 2 aromatic heterocycles. The van der Waals surface area contributed by atoms with Crippen molar-refractivity contribution in [3.05, 3.63) is 64.9 Å². The van der Waals surface area contributed by atoms with Crippen molar-refractivity contribution in [1.29, 1.82) is 0 Å². The number of methoxy groups -OCH3 is 1. The summed E-state index contributed by atoms with van der Waals surface area (Å²) in [5, 5.41) is 6.56. The average molecular weight is 285 g/mol. The predicted molar refractivity (Wildman–Crippen MR) is 76.3 cm³/mol. The Morgan fingerprint density at radius 3 is 2.71 bits per heavy atom. The van der Waals surface area contributed by atoms with Crippen LogP contribution in [0.4, 0.5) is 0 Å². The van der Waals surface area contributed by atoms with E-state index >= 15 is 0 Å². The van der Waals surface area contributed by atoms with Crippen molar-refractivity contribution in [2.45, 2.75) is 13.1 Å². The third kappa shape index (κ3) is 2.86. The first-order chi connectivity index (χ1) is 10.3. The van der Waals surface area contributed by atoms with Gasteiger partial charge in [0.05, 0.1) is 26.5 Å². The third-order valence-corrected chi connectivity index (χ3v) is 3.22. The number of benzene rings is 1. The summed E-state index contributed by atoms with van der Waals surface area (Å²) in [5.74, 6) is 1.45. The largest absolute Gasteiger partial charge is 0.497 e. The van der Waals surface area contributed by atoms with Crippen molar-refractivity contribution in [2.75, 3.05) is 7.11 Å². The van der Waals surface area contributed by atoms with Gasteiger partial charge in [-0.3, -0.25) is 4.57 Å². The molecule has 21 heavy (non-hydrogen) atoms. The van der Waals surface area contributed by atoms with Crippen LogP contribution in [0.1, 0.15) is 11.4 Å². The number of imidazole rings is 1. The molecule has 108 valence electrons. The second-order valence-electron chi connectivity index (χ2n) is 4.61. The Morgan fingerprint density at radius 2 is 2.05 bits per heavy atom. The molecule has 0 bridgehead atoms. The third-order valence-electron chi connectivity index (χ3n) is 3.22. The van der Waals surface area contributed by atoms with Gasteiger partial charge in [0.1, 0.15) is 5.75 Å². The zero-order chi connectivity index (χ0) is 14.7. The normalized spacial score (nSPS) is 10.7.